The van der Waals surface area contributed by atoms with Crippen molar-refractivity contribution < 1.29 is 38.4 Å². The molecule has 0 spiro atoms. The summed E-state index contributed by atoms with van der Waals surface area (Å²) in [4.78, 5) is 89.2. The van der Waals surface area contributed by atoms with Crippen LogP contribution in [0.5, 0.6) is 0 Å². The first-order valence-corrected chi connectivity index (χ1v) is 11.2. The first-order valence-electron chi connectivity index (χ1n) is 11.2. The van der Waals surface area contributed by atoms with Crippen LogP contribution >= 0.6 is 0 Å². The summed E-state index contributed by atoms with van der Waals surface area (Å²) in [5, 5.41) is 5.48. The Kier molecular flexibility index (Phi) is 9.46. The molecule has 0 saturated carbocycles. The minimum atomic E-state index is -1.16. The minimum absolute atomic E-state index is 0.0416. The van der Waals surface area contributed by atoms with E-state index in [9.17, 15) is 33.6 Å². The van der Waals surface area contributed by atoms with Crippen molar-refractivity contribution in [2.75, 3.05) is 6.54 Å². The van der Waals surface area contributed by atoms with Gasteiger partial charge in [0.25, 0.3) is 23.6 Å². The standard InChI is InChI=1S/C22H30N4O8/c1-13(2)20(21(32)23-14(3)22(33)34-26-18(30)10-11-19(26)31)24-15(27)7-5-4-6-12-25-16(28)8-9-17(25)29/h8-9,13-14,20H,4-7,10-12H2,1-3H3,(H,23,32)(H,24,27). The van der Waals surface area contributed by atoms with Gasteiger partial charge in [0.05, 0.1) is 0 Å². The largest absolute Gasteiger partial charge is 0.354 e. The number of unbranched alkanes of at least 4 members (excludes halogenated alkanes) is 2. The molecular weight excluding hydrogens is 448 g/mol. The second-order valence-electron chi connectivity index (χ2n) is 8.48. The lowest BCUT2D eigenvalue weighted by Gasteiger charge is -2.24. The number of amides is 6. The van der Waals surface area contributed by atoms with E-state index in [0.717, 1.165) is 4.90 Å². The summed E-state index contributed by atoms with van der Waals surface area (Å²) in [6, 6.07) is -2.07. The molecule has 2 aliphatic rings. The SMILES string of the molecule is CC(NC(=O)C(NC(=O)CCCCCN1C(=O)C=CC1=O)C(C)C)C(=O)ON1C(=O)CCC1=O. The highest BCUT2D eigenvalue weighted by Crippen LogP contribution is 2.13. The van der Waals surface area contributed by atoms with E-state index in [-0.39, 0.29) is 49.4 Å². The Bertz CT molecular complexity index is 863. The van der Waals surface area contributed by atoms with Crippen LogP contribution in [0.3, 0.4) is 0 Å². The lowest BCUT2D eigenvalue weighted by atomic mass is 10.0. The summed E-state index contributed by atoms with van der Waals surface area (Å²) in [5.41, 5.74) is 0. The van der Waals surface area contributed by atoms with Gasteiger partial charge in [-0.2, -0.15) is 0 Å². The third-order valence-electron chi connectivity index (χ3n) is 5.35. The maximum atomic E-state index is 12.6. The minimum Gasteiger partial charge on any atom is -0.344 e. The van der Waals surface area contributed by atoms with Crippen molar-refractivity contribution in [2.45, 2.75) is 71.4 Å². The van der Waals surface area contributed by atoms with Crippen LogP contribution < -0.4 is 10.6 Å². The van der Waals surface area contributed by atoms with Crippen LogP contribution in [-0.4, -0.2) is 70.0 Å². The van der Waals surface area contributed by atoms with Gasteiger partial charge in [0.2, 0.25) is 11.8 Å². The fourth-order valence-electron chi connectivity index (χ4n) is 3.35. The number of hydrogen-bond acceptors (Lipinski definition) is 8. The summed E-state index contributed by atoms with van der Waals surface area (Å²) in [5.74, 6) is -4.16. The quantitative estimate of drug-likeness (QED) is 0.286. The van der Waals surface area contributed by atoms with Gasteiger partial charge >= 0.3 is 5.97 Å². The molecule has 6 amide bonds. The number of rotatable bonds is 12. The van der Waals surface area contributed by atoms with Crippen LogP contribution in [0.15, 0.2) is 12.2 Å². The van der Waals surface area contributed by atoms with E-state index in [1.54, 1.807) is 13.8 Å². The second-order valence-corrected chi connectivity index (χ2v) is 8.48. The van der Waals surface area contributed by atoms with Gasteiger partial charge in [-0.25, -0.2) is 4.79 Å². The first-order chi connectivity index (χ1) is 16.0. The number of hydrogen-bond donors (Lipinski definition) is 2. The molecule has 2 unspecified atom stereocenters. The Morgan fingerprint density at radius 1 is 0.912 bits per heavy atom. The van der Waals surface area contributed by atoms with Crippen molar-refractivity contribution in [3.63, 3.8) is 0 Å². The summed E-state index contributed by atoms with van der Waals surface area (Å²) in [6.45, 7) is 5.09. The highest BCUT2D eigenvalue weighted by Gasteiger charge is 2.35. The van der Waals surface area contributed by atoms with Crippen molar-refractivity contribution in [3.05, 3.63) is 12.2 Å². The Hall–Kier alpha value is -3.57. The number of nitrogens with zero attached hydrogens (tertiary/aromatic N) is 2. The van der Waals surface area contributed by atoms with Crippen molar-refractivity contribution in [3.8, 4) is 0 Å². The zero-order chi connectivity index (χ0) is 25.4. The number of imide groups is 2. The van der Waals surface area contributed by atoms with Gasteiger partial charge in [0, 0.05) is 38.0 Å². The van der Waals surface area contributed by atoms with Gasteiger partial charge < -0.3 is 15.5 Å². The molecule has 0 bridgehead atoms. The topological polar surface area (TPSA) is 159 Å². The molecule has 2 N–H and O–H groups in total. The average Bonchev–Trinajstić information content (AvgIpc) is 3.26. The molecule has 0 aromatic rings. The van der Waals surface area contributed by atoms with Gasteiger partial charge in [0.1, 0.15) is 12.1 Å². The molecule has 1 saturated heterocycles. The van der Waals surface area contributed by atoms with Crippen molar-refractivity contribution in [1.29, 1.82) is 0 Å². The van der Waals surface area contributed by atoms with Gasteiger partial charge in [0.15, 0.2) is 0 Å². The molecule has 12 nitrogen and oxygen atoms in total. The number of nitrogens with one attached hydrogen (secondary N) is 2. The number of hydroxylamine groups is 2. The fraction of sp³-hybridized carbons (Fsp3) is 0.591. The second kappa shape index (κ2) is 12.1. The molecule has 2 heterocycles. The molecule has 12 heteroatoms. The van der Waals surface area contributed by atoms with Crippen molar-refractivity contribution in [2.24, 2.45) is 5.92 Å². The van der Waals surface area contributed by atoms with Crippen LogP contribution in [0.1, 0.15) is 59.3 Å². The molecule has 2 aliphatic heterocycles. The lowest BCUT2D eigenvalue weighted by molar-refractivity contribution is -0.198. The molecule has 0 aromatic carbocycles. The first kappa shape index (κ1) is 26.7. The predicted octanol–water partition coefficient (Wildman–Crippen LogP) is -0.275. The Balaban J connectivity index is 1.74. The summed E-state index contributed by atoms with van der Waals surface area (Å²) in [7, 11) is 0. The Morgan fingerprint density at radius 2 is 1.50 bits per heavy atom. The Labute approximate surface area is 197 Å². The predicted molar refractivity (Wildman–Crippen MR) is 116 cm³/mol. The van der Waals surface area contributed by atoms with Gasteiger partial charge in [-0.1, -0.05) is 20.3 Å². The average molecular weight is 479 g/mol. The molecule has 0 aromatic heterocycles. The van der Waals surface area contributed by atoms with Gasteiger partial charge in [-0.15, -0.1) is 5.06 Å². The molecule has 186 valence electrons. The van der Waals surface area contributed by atoms with Crippen LogP contribution in [0.4, 0.5) is 0 Å². The summed E-state index contributed by atoms with van der Waals surface area (Å²) >= 11 is 0. The van der Waals surface area contributed by atoms with E-state index in [1.165, 1.54) is 19.1 Å². The molecule has 2 atom stereocenters. The molecule has 34 heavy (non-hydrogen) atoms. The zero-order valence-electron chi connectivity index (χ0n) is 19.5. The molecule has 2 rings (SSSR count). The fourth-order valence-corrected chi connectivity index (χ4v) is 3.35. The normalized spacial score (nSPS) is 17.4. The third kappa shape index (κ3) is 7.22. The number of carbonyl (C=O) groups is 7. The maximum absolute atomic E-state index is 12.6. The maximum Gasteiger partial charge on any atom is 0.354 e. The van der Waals surface area contributed by atoms with Crippen LogP contribution in [0.25, 0.3) is 0 Å². The van der Waals surface area contributed by atoms with E-state index in [0.29, 0.717) is 24.3 Å². The summed E-state index contributed by atoms with van der Waals surface area (Å²) in [6.07, 6.45) is 4.18. The van der Waals surface area contributed by atoms with E-state index < -0.39 is 35.8 Å². The van der Waals surface area contributed by atoms with Crippen LogP contribution in [0, 0.1) is 5.92 Å². The third-order valence-corrected chi connectivity index (χ3v) is 5.35. The molecule has 0 radical (unpaired) electrons. The molecular formula is C22H30N4O8. The molecule has 1 fully saturated rings. The van der Waals surface area contributed by atoms with Gasteiger partial charge in [-0.05, 0) is 25.7 Å². The van der Waals surface area contributed by atoms with Crippen LogP contribution in [0.2, 0.25) is 0 Å². The highest BCUT2D eigenvalue weighted by atomic mass is 16.7. The van der Waals surface area contributed by atoms with Crippen LogP contribution in [-0.2, 0) is 38.4 Å². The van der Waals surface area contributed by atoms with E-state index in [2.05, 4.69) is 10.6 Å². The van der Waals surface area contributed by atoms with E-state index >= 15 is 0 Å². The van der Waals surface area contributed by atoms with Gasteiger partial charge in [-0.3, -0.25) is 33.7 Å². The van der Waals surface area contributed by atoms with E-state index in [4.69, 9.17) is 4.84 Å². The summed E-state index contributed by atoms with van der Waals surface area (Å²) < 4.78 is 0. The lowest BCUT2D eigenvalue weighted by Crippen LogP contribution is -2.53. The van der Waals surface area contributed by atoms with Crippen molar-refractivity contribution in [1.82, 2.24) is 20.6 Å². The van der Waals surface area contributed by atoms with E-state index in [1.807, 2.05) is 0 Å². The highest BCUT2D eigenvalue weighted by molar-refractivity contribution is 6.12. The smallest absolute Gasteiger partial charge is 0.344 e. The Morgan fingerprint density at radius 3 is 2.06 bits per heavy atom. The number of carbonyl (C=O) groups excluding carboxylic acids is 7. The monoisotopic (exact) mass is 478 g/mol. The zero-order valence-corrected chi connectivity index (χ0v) is 19.5. The van der Waals surface area contributed by atoms with Crippen molar-refractivity contribution >= 4 is 41.4 Å². The molecule has 0 aliphatic carbocycles.